The number of carboxylic acid groups (broad SMARTS) is 1. The molecule has 0 aromatic heterocycles. The highest BCUT2D eigenvalue weighted by molar-refractivity contribution is 7.92. The monoisotopic (exact) mass is 289 g/mol. The summed E-state index contributed by atoms with van der Waals surface area (Å²) in [5.41, 5.74) is 0.177. The second-order valence-electron chi connectivity index (χ2n) is 3.73. The van der Waals surface area contributed by atoms with Gasteiger partial charge in [-0.05, 0) is 24.3 Å². The number of benzene rings is 1. The second kappa shape index (κ2) is 6.39. The SMILES string of the molecule is COCCS(=O)(=O)N(CC(=O)O)c1ccc(O)cc1. The molecule has 0 radical (unpaired) electrons. The van der Waals surface area contributed by atoms with Crippen LogP contribution in [0.25, 0.3) is 0 Å². The van der Waals surface area contributed by atoms with Crippen LogP contribution in [0.2, 0.25) is 0 Å². The number of phenolic OH excluding ortho intramolecular Hbond substituents is 1. The van der Waals surface area contributed by atoms with Crippen molar-refractivity contribution in [2.75, 3.05) is 30.3 Å². The molecule has 7 nitrogen and oxygen atoms in total. The molecule has 0 spiro atoms. The minimum absolute atomic E-state index is 0.0312. The van der Waals surface area contributed by atoms with E-state index in [4.69, 9.17) is 14.9 Å². The van der Waals surface area contributed by atoms with Crippen LogP contribution in [0.3, 0.4) is 0 Å². The van der Waals surface area contributed by atoms with Gasteiger partial charge in [0.1, 0.15) is 12.3 Å². The fraction of sp³-hybridized carbons (Fsp3) is 0.364. The Morgan fingerprint density at radius 1 is 1.32 bits per heavy atom. The van der Waals surface area contributed by atoms with Crippen LogP contribution in [-0.2, 0) is 19.6 Å². The van der Waals surface area contributed by atoms with Crippen molar-refractivity contribution in [2.45, 2.75) is 0 Å². The number of rotatable bonds is 7. The predicted octanol–water partition coefficient (Wildman–Crippen LogP) is 0.259. The number of aromatic hydroxyl groups is 1. The summed E-state index contributed by atoms with van der Waals surface area (Å²) in [6.07, 6.45) is 0. The van der Waals surface area contributed by atoms with Crippen LogP contribution in [0.4, 0.5) is 5.69 Å². The van der Waals surface area contributed by atoms with Gasteiger partial charge in [0.25, 0.3) is 0 Å². The number of carbonyl (C=O) groups is 1. The molecule has 0 aliphatic rings. The van der Waals surface area contributed by atoms with Gasteiger partial charge >= 0.3 is 5.97 Å². The maximum Gasteiger partial charge on any atom is 0.324 e. The summed E-state index contributed by atoms with van der Waals surface area (Å²) in [4.78, 5) is 10.8. The van der Waals surface area contributed by atoms with E-state index in [1.165, 1.54) is 31.4 Å². The van der Waals surface area contributed by atoms with Crippen LogP contribution in [0.15, 0.2) is 24.3 Å². The third kappa shape index (κ3) is 4.42. The van der Waals surface area contributed by atoms with Crippen molar-refractivity contribution >= 4 is 21.7 Å². The lowest BCUT2D eigenvalue weighted by Crippen LogP contribution is -2.38. The van der Waals surface area contributed by atoms with Crippen LogP contribution in [0, 0.1) is 0 Å². The largest absolute Gasteiger partial charge is 0.508 e. The Bertz CT molecular complexity index is 525. The lowest BCUT2D eigenvalue weighted by Gasteiger charge is -2.22. The zero-order valence-electron chi connectivity index (χ0n) is 10.3. The van der Waals surface area contributed by atoms with Gasteiger partial charge in [-0.3, -0.25) is 9.10 Å². The Balaban J connectivity index is 3.07. The maximum absolute atomic E-state index is 12.0. The van der Waals surface area contributed by atoms with E-state index < -0.39 is 22.5 Å². The summed E-state index contributed by atoms with van der Waals surface area (Å²) in [5, 5.41) is 18.0. The van der Waals surface area contributed by atoms with Crippen molar-refractivity contribution in [1.29, 1.82) is 0 Å². The molecule has 0 heterocycles. The average Bonchev–Trinajstić information content (AvgIpc) is 2.34. The summed E-state index contributed by atoms with van der Waals surface area (Å²) in [7, 11) is -2.44. The Kier molecular flexibility index (Phi) is 5.13. The van der Waals surface area contributed by atoms with Crippen LogP contribution in [0.1, 0.15) is 0 Å². The number of hydrogen-bond acceptors (Lipinski definition) is 5. The molecule has 0 aliphatic carbocycles. The van der Waals surface area contributed by atoms with E-state index in [-0.39, 0.29) is 23.8 Å². The zero-order chi connectivity index (χ0) is 14.5. The third-order valence-electron chi connectivity index (χ3n) is 2.30. The molecule has 0 fully saturated rings. The van der Waals surface area contributed by atoms with E-state index in [1.54, 1.807) is 0 Å². The molecule has 0 saturated heterocycles. The standard InChI is InChI=1S/C11H15NO6S/c1-18-6-7-19(16,17)12(8-11(14)15)9-2-4-10(13)5-3-9/h2-5,13H,6-8H2,1H3,(H,14,15). The van der Waals surface area contributed by atoms with E-state index in [0.29, 0.717) is 0 Å². The van der Waals surface area contributed by atoms with Gasteiger partial charge in [0.2, 0.25) is 10.0 Å². The molecule has 0 amide bonds. The molecule has 0 bridgehead atoms. The van der Waals surface area contributed by atoms with E-state index in [2.05, 4.69) is 0 Å². The number of sulfonamides is 1. The molecule has 8 heteroatoms. The van der Waals surface area contributed by atoms with Crippen molar-refractivity contribution in [2.24, 2.45) is 0 Å². The van der Waals surface area contributed by atoms with Crippen LogP contribution < -0.4 is 4.31 Å². The predicted molar refractivity (Wildman–Crippen MR) is 68.8 cm³/mol. The topological polar surface area (TPSA) is 104 Å². The summed E-state index contributed by atoms with van der Waals surface area (Å²) in [6.45, 7) is -0.715. The highest BCUT2D eigenvalue weighted by atomic mass is 32.2. The van der Waals surface area contributed by atoms with Gasteiger partial charge in [-0.15, -0.1) is 0 Å². The summed E-state index contributed by atoms with van der Waals surface area (Å²) in [6, 6.07) is 5.25. The number of phenols is 1. The number of hydrogen-bond donors (Lipinski definition) is 2. The molecular formula is C11H15NO6S. The molecule has 106 valence electrons. The van der Waals surface area contributed by atoms with Gasteiger partial charge in [-0.25, -0.2) is 8.42 Å². The molecule has 0 saturated carbocycles. The Hall–Kier alpha value is -1.80. The van der Waals surface area contributed by atoms with E-state index >= 15 is 0 Å². The first-order valence-electron chi connectivity index (χ1n) is 5.37. The molecule has 0 atom stereocenters. The first-order chi connectivity index (χ1) is 8.86. The average molecular weight is 289 g/mol. The fourth-order valence-corrected chi connectivity index (χ4v) is 2.74. The highest BCUT2D eigenvalue weighted by Crippen LogP contribution is 2.21. The molecule has 19 heavy (non-hydrogen) atoms. The third-order valence-corrected chi connectivity index (χ3v) is 3.99. The molecule has 0 unspecified atom stereocenters. The van der Waals surface area contributed by atoms with E-state index in [9.17, 15) is 13.2 Å². The number of carboxylic acids is 1. The zero-order valence-corrected chi connectivity index (χ0v) is 11.1. The molecule has 0 aliphatic heterocycles. The van der Waals surface area contributed by atoms with Crippen LogP contribution in [-0.4, -0.2) is 50.6 Å². The quantitative estimate of drug-likeness (QED) is 0.746. The first kappa shape index (κ1) is 15.3. The molecule has 2 N–H and O–H groups in total. The highest BCUT2D eigenvalue weighted by Gasteiger charge is 2.24. The lowest BCUT2D eigenvalue weighted by atomic mass is 10.3. The Morgan fingerprint density at radius 2 is 1.89 bits per heavy atom. The number of anilines is 1. The molecule has 1 aromatic rings. The summed E-state index contributed by atoms with van der Waals surface area (Å²) < 4.78 is 29.5. The molecule has 1 aromatic carbocycles. The molecule has 1 rings (SSSR count). The van der Waals surface area contributed by atoms with Gasteiger partial charge in [0.15, 0.2) is 0 Å². The lowest BCUT2D eigenvalue weighted by molar-refractivity contribution is -0.135. The normalized spacial score (nSPS) is 11.2. The van der Waals surface area contributed by atoms with Crippen molar-refractivity contribution in [1.82, 2.24) is 0 Å². The minimum Gasteiger partial charge on any atom is -0.508 e. The van der Waals surface area contributed by atoms with Gasteiger partial charge in [0.05, 0.1) is 18.0 Å². The van der Waals surface area contributed by atoms with Crippen molar-refractivity contribution in [3.63, 3.8) is 0 Å². The van der Waals surface area contributed by atoms with Crippen molar-refractivity contribution in [3.05, 3.63) is 24.3 Å². The molecular weight excluding hydrogens is 274 g/mol. The second-order valence-corrected chi connectivity index (χ2v) is 5.74. The number of methoxy groups -OCH3 is 1. The van der Waals surface area contributed by atoms with E-state index in [0.717, 1.165) is 4.31 Å². The number of ether oxygens (including phenoxy) is 1. The van der Waals surface area contributed by atoms with Crippen LogP contribution in [0.5, 0.6) is 5.75 Å². The minimum atomic E-state index is -3.80. The summed E-state index contributed by atoms with van der Waals surface area (Å²) >= 11 is 0. The van der Waals surface area contributed by atoms with Crippen molar-refractivity contribution in [3.8, 4) is 5.75 Å². The fourth-order valence-electron chi connectivity index (χ4n) is 1.39. The van der Waals surface area contributed by atoms with Gasteiger partial charge < -0.3 is 14.9 Å². The van der Waals surface area contributed by atoms with E-state index in [1.807, 2.05) is 0 Å². The van der Waals surface area contributed by atoms with Gasteiger partial charge in [0, 0.05) is 7.11 Å². The van der Waals surface area contributed by atoms with Crippen molar-refractivity contribution < 1.29 is 28.2 Å². The maximum atomic E-state index is 12.0. The summed E-state index contributed by atoms with van der Waals surface area (Å²) in [5.74, 6) is -1.63. The van der Waals surface area contributed by atoms with Gasteiger partial charge in [-0.1, -0.05) is 0 Å². The Morgan fingerprint density at radius 3 is 2.37 bits per heavy atom. The first-order valence-corrected chi connectivity index (χ1v) is 6.98. The number of nitrogens with zero attached hydrogens (tertiary/aromatic N) is 1. The Labute approximate surface area is 111 Å². The van der Waals surface area contributed by atoms with Gasteiger partial charge in [-0.2, -0.15) is 0 Å². The smallest absolute Gasteiger partial charge is 0.324 e. The number of aliphatic carboxylic acids is 1. The van der Waals surface area contributed by atoms with Crippen LogP contribution >= 0.6 is 0 Å².